The van der Waals surface area contributed by atoms with Gasteiger partial charge in [0, 0.05) is 5.69 Å². The van der Waals surface area contributed by atoms with E-state index in [4.69, 9.17) is 9.52 Å². The van der Waals surface area contributed by atoms with Crippen molar-refractivity contribution in [1.29, 1.82) is 0 Å². The number of nitrogens with one attached hydrogen (secondary N) is 1. The van der Waals surface area contributed by atoms with Gasteiger partial charge in [0.15, 0.2) is 0 Å². The zero-order chi connectivity index (χ0) is 14.5. The van der Waals surface area contributed by atoms with Crippen LogP contribution in [0.15, 0.2) is 41.0 Å². The van der Waals surface area contributed by atoms with Crippen LogP contribution < -0.4 is 10.1 Å². The van der Waals surface area contributed by atoms with E-state index in [9.17, 15) is 13.6 Å². The van der Waals surface area contributed by atoms with Gasteiger partial charge in [0.2, 0.25) is 0 Å². The van der Waals surface area contributed by atoms with Crippen LogP contribution in [0.3, 0.4) is 0 Å². The van der Waals surface area contributed by atoms with Crippen molar-refractivity contribution < 1.29 is 27.8 Å². The molecule has 0 bridgehead atoms. The second-order valence-electron chi connectivity index (χ2n) is 3.86. The molecule has 1 aromatic heterocycles. The van der Waals surface area contributed by atoms with Crippen LogP contribution in [0.2, 0.25) is 0 Å². The van der Waals surface area contributed by atoms with Crippen LogP contribution in [0.25, 0.3) is 0 Å². The van der Waals surface area contributed by atoms with E-state index in [1.165, 1.54) is 18.2 Å². The third-order valence-electron chi connectivity index (χ3n) is 2.45. The van der Waals surface area contributed by atoms with Crippen molar-refractivity contribution in [1.82, 2.24) is 0 Å². The van der Waals surface area contributed by atoms with Crippen molar-refractivity contribution in [2.45, 2.75) is 13.2 Å². The monoisotopic (exact) mass is 283 g/mol. The predicted molar refractivity (Wildman–Crippen MR) is 66.1 cm³/mol. The number of carbonyl (C=O) groups is 1. The van der Waals surface area contributed by atoms with Crippen LogP contribution in [0, 0.1) is 0 Å². The number of aromatic carboxylic acids is 1. The number of hydrogen-bond donors (Lipinski definition) is 2. The molecule has 0 aliphatic carbocycles. The van der Waals surface area contributed by atoms with E-state index in [2.05, 4.69) is 10.1 Å². The summed E-state index contributed by atoms with van der Waals surface area (Å²) in [6, 6.07) is 7.35. The third-order valence-corrected chi connectivity index (χ3v) is 2.45. The molecule has 2 aromatic rings. The Labute approximate surface area is 112 Å². The number of carboxylic acid groups (broad SMARTS) is 1. The summed E-state index contributed by atoms with van der Waals surface area (Å²) in [6.45, 7) is -2.58. The number of hydrogen-bond acceptors (Lipinski definition) is 4. The number of anilines is 1. The largest absolute Gasteiger partial charge is 0.478 e. The van der Waals surface area contributed by atoms with E-state index >= 15 is 0 Å². The van der Waals surface area contributed by atoms with Crippen molar-refractivity contribution in [2.24, 2.45) is 0 Å². The van der Waals surface area contributed by atoms with Crippen LogP contribution >= 0.6 is 0 Å². The fraction of sp³-hybridized carbons (Fsp3) is 0.154. The molecule has 7 heteroatoms. The zero-order valence-corrected chi connectivity index (χ0v) is 10.2. The van der Waals surface area contributed by atoms with Gasteiger partial charge < -0.3 is 19.6 Å². The highest BCUT2D eigenvalue weighted by Crippen LogP contribution is 2.18. The van der Waals surface area contributed by atoms with Gasteiger partial charge in [0.05, 0.1) is 12.1 Å². The van der Waals surface area contributed by atoms with Crippen LogP contribution in [0.4, 0.5) is 14.5 Å². The maximum atomic E-state index is 12.0. The number of benzene rings is 1. The molecule has 0 aliphatic rings. The first-order chi connectivity index (χ1) is 9.54. The Balaban J connectivity index is 1.91. The first-order valence-corrected chi connectivity index (χ1v) is 5.64. The number of halogens is 2. The van der Waals surface area contributed by atoms with Gasteiger partial charge in [-0.3, -0.25) is 0 Å². The summed E-state index contributed by atoms with van der Waals surface area (Å²) in [5.74, 6) is -0.541. The van der Waals surface area contributed by atoms with E-state index in [-0.39, 0.29) is 17.9 Å². The molecule has 1 heterocycles. The summed E-state index contributed by atoms with van der Waals surface area (Å²) in [5.41, 5.74) is 0.738. The molecule has 1 aromatic carbocycles. The molecule has 2 N–H and O–H groups in total. The van der Waals surface area contributed by atoms with Crippen LogP contribution in [-0.4, -0.2) is 17.7 Å². The Hall–Kier alpha value is -2.57. The van der Waals surface area contributed by atoms with Crippen LogP contribution in [-0.2, 0) is 6.54 Å². The van der Waals surface area contributed by atoms with Crippen molar-refractivity contribution in [2.75, 3.05) is 5.32 Å². The predicted octanol–water partition coefficient (Wildman–Crippen LogP) is 3.19. The molecule has 0 saturated carbocycles. The minimum absolute atomic E-state index is 0.0664. The zero-order valence-electron chi connectivity index (χ0n) is 10.2. The van der Waals surface area contributed by atoms with Crippen molar-refractivity contribution >= 4 is 11.7 Å². The molecule has 0 atom stereocenters. The lowest BCUT2D eigenvalue weighted by Crippen LogP contribution is -2.02. The fourth-order valence-electron chi connectivity index (χ4n) is 1.53. The van der Waals surface area contributed by atoms with Gasteiger partial charge in [0.25, 0.3) is 0 Å². The number of rotatable bonds is 6. The Morgan fingerprint density at radius 2 is 2.05 bits per heavy atom. The molecule has 5 nitrogen and oxygen atoms in total. The SMILES string of the molecule is O=C(O)c1coc(CNc2ccc(OC(F)F)cc2)c1. The van der Waals surface area contributed by atoms with Gasteiger partial charge in [-0.15, -0.1) is 0 Å². The number of alkyl halides is 2. The topological polar surface area (TPSA) is 71.7 Å². The highest BCUT2D eigenvalue weighted by molar-refractivity contribution is 5.87. The van der Waals surface area contributed by atoms with Crippen molar-refractivity contribution in [3.05, 3.63) is 47.9 Å². The van der Waals surface area contributed by atoms with Gasteiger partial charge >= 0.3 is 12.6 Å². The highest BCUT2D eigenvalue weighted by Gasteiger charge is 2.08. The summed E-state index contributed by atoms with van der Waals surface area (Å²) >= 11 is 0. The van der Waals surface area contributed by atoms with E-state index in [1.54, 1.807) is 12.1 Å². The summed E-state index contributed by atoms with van der Waals surface area (Å²) < 4.78 is 33.2. The molecule has 0 radical (unpaired) electrons. The molecule has 106 valence electrons. The molecule has 0 aliphatic heterocycles. The second-order valence-corrected chi connectivity index (χ2v) is 3.86. The summed E-state index contributed by atoms with van der Waals surface area (Å²) in [4.78, 5) is 10.7. The lowest BCUT2D eigenvalue weighted by Gasteiger charge is -2.07. The number of ether oxygens (including phenoxy) is 1. The lowest BCUT2D eigenvalue weighted by atomic mass is 10.3. The standard InChI is InChI=1S/C13H11F2NO4/c14-13(15)20-10-3-1-9(2-4-10)16-6-11-5-8(7-19-11)12(17)18/h1-5,7,13,16H,6H2,(H,17,18). The van der Waals surface area contributed by atoms with Crippen LogP contribution in [0.1, 0.15) is 16.1 Å². The first-order valence-electron chi connectivity index (χ1n) is 5.64. The summed E-state index contributed by atoms with van der Waals surface area (Å²) in [7, 11) is 0. The van der Waals surface area contributed by atoms with Crippen molar-refractivity contribution in [3.63, 3.8) is 0 Å². The average molecular weight is 283 g/mol. The van der Waals surface area contributed by atoms with E-state index in [0.29, 0.717) is 11.4 Å². The van der Waals surface area contributed by atoms with Gasteiger partial charge in [-0.2, -0.15) is 8.78 Å². The molecule has 0 saturated heterocycles. The molecular weight excluding hydrogens is 272 g/mol. The van der Waals surface area contributed by atoms with Gasteiger partial charge in [0.1, 0.15) is 17.8 Å². The van der Waals surface area contributed by atoms with Crippen molar-refractivity contribution in [3.8, 4) is 5.75 Å². The molecule has 2 rings (SSSR count). The van der Waals surface area contributed by atoms with Gasteiger partial charge in [-0.25, -0.2) is 4.79 Å². The maximum Gasteiger partial charge on any atom is 0.387 e. The number of furan rings is 1. The lowest BCUT2D eigenvalue weighted by molar-refractivity contribution is -0.0498. The highest BCUT2D eigenvalue weighted by atomic mass is 19.3. The third kappa shape index (κ3) is 3.71. The number of carboxylic acids is 1. The van der Waals surface area contributed by atoms with E-state index < -0.39 is 12.6 Å². The Morgan fingerprint density at radius 1 is 1.35 bits per heavy atom. The molecule has 0 amide bonds. The van der Waals surface area contributed by atoms with Gasteiger partial charge in [-0.05, 0) is 30.3 Å². The normalized spacial score (nSPS) is 10.6. The minimum Gasteiger partial charge on any atom is -0.478 e. The molecule has 20 heavy (non-hydrogen) atoms. The molecule has 0 spiro atoms. The Bertz CT molecular complexity index is 580. The molecular formula is C13H11F2NO4. The average Bonchev–Trinajstić information content (AvgIpc) is 2.86. The van der Waals surface area contributed by atoms with E-state index in [0.717, 1.165) is 6.26 Å². The quantitative estimate of drug-likeness (QED) is 0.851. The smallest absolute Gasteiger partial charge is 0.387 e. The maximum absolute atomic E-state index is 12.0. The fourth-order valence-corrected chi connectivity index (χ4v) is 1.53. The summed E-state index contributed by atoms with van der Waals surface area (Å²) in [5, 5.41) is 11.7. The van der Waals surface area contributed by atoms with Crippen LogP contribution in [0.5, 0.6) is 5.75 Å². The molecule has 0 unspecified atom stereocenters. The molecule has 0 fully saturated rings. The summed E-state index contributed by atoms with van der Waals surface area (Å²) in [6.07, 6.45) is 1.15. The van der Waals surface area contributed by atoms with Gasteiger partial charge in [-0.1, -0.05) is 0 Å². The van der Waals surface area contributed by atoms with E-state index in [1.807, 2.05) is 0 Å². The minimum atomic E-state index is -2.86. The Kier molecular flexibility index (Phi) is 4.19. The Morgan fingerprint density at radius 3 is 2.60 bits per heavy atom. The first kappa shape index (κ1) is 13.9. The second kappa shape index (κ2) is 6.05.